The maximum Gasteiger partial charge on any atom is 0.390 e. The molecule has 0 aromatic carbocycles. The van der Waals surface area contributed by atoms with Crippen LogP contribution in [0.2, 0.25) is 5.02 Å². The van der Waals surface area contributed by atoms with Gasteiger partial charge in [-0.15, -0.1) is 0 Å². The van der Waals surface area contributed by atoms with Crippen molar-refractivity contribution < 1.29 is 13.2 Å². The van der Waals surface area contributed by atoms with E-state index in [2.05, 4.69) is 10.4 Å². The first-order valence-corrected chi connectivity index (χ1v) is 5.70. The van der Waals surface area contributed by atoms with Gasteiger partial charge in [0.15, 0.2) is 0 Å². The van der Waals surface area contributed by atoms with Crippen LogP contribution in [-0.2, 0) is 7.05 Å². The predicted octanol–water partition coefficient (Wildman–Crippen LogP) is 3.07. The number of hydrogen-bond donors (Lipinski definition) is 1. The Morgan fingerprint density at radius 2 is 2.18 bits per heavy atom. The Labute approximate surface area is 103 Å². The summed E-state index contributed by atoms with van der Waals surface area (Å²) in [6, 6.07) is -0.852. The maximum absolute atomic E-state index is 12.5. The Bertz CT molecular complexity index is 343. The number of hydrogen-bond acceptors (Lipinski definition) is 2. The fraction of sp³-hybridized carbons (Fsp3) is 0.700. The summed E-state index contributed by atoms with van der Waals surface area (Å²) in [7, 11) is 1.58. The molecule has 0 radical (unpaired) electrons. The van der Waals surface area contributed by atoms with Crippen LogP contribution in [0.4, 0.5) is 13.2 Å². The minimum Gasteiger partial charge on any atom is -0.308 e. The molecular weight excluding hydrogens is 255 g/mol. The van der Waals surface area contributed by atoms with E-state index in [1.54, 1.807) is 7.05 Å². The number of aryl methyl sites for hydroxylation is 1. The van der Waals surface area contributed by atoms with E-state index in [0.717, 1.165) is 6.42 Å². The quantitative estimate of drug-likeness (QED) is 0.890. The van der Waals surface area contributed by atoms with E-state index in [0.29, 0.717) is 12.2 Å². The minimum atomic E-state index is -4.24. The minimum absolute atomic E-state index is 0.255. The summed E-state index contributed by atoms with van der Waals surface area (Å²) >= 11 is 5.86. The van der Waals surface area contributed by atoms with Gasteiger partial charge in [-0.3, -0.25) is 4.68 Å². The summed E-state index contributed by atoms with van der Waals surface area (Å²) in [4.78, 5) is 0. The molecule has 7 heteroatoms. The topological polar surface area (TPSA) is 29.9 Å². The van der Waals surface area contributed by atoms with E-state index in [-0.39, 0.29) is 5.02 Å². The Morgan fingerprint density at radius 1 is 1.53 bits per heavy atom. The summed E-state index contributed by atoms with van der Waals surface area (Å²) in [6.45, 7) is 2.39. The molecule has 0 bridgehead atoms. The highest BCUT2D eigenvalue weighted by Crippen LogP contribution is 2.32. The number of rotatable bonds is 5. The highest BCUT2D eigenvalue weighted by atomic mass is 35.5. The average Bonchev–Trinajstić information content (AvgIpc) is 2.52. The summed E-state index contributed by atoms with van der Waals surface area (Å²) < 4.78 is 38.8. The van der Waals surface area contributed by atoms with E-state index in [1.807, 2.05) is 6.92 Å². The molecule has 0 amide bonds. The van der Waals surface area contributed by atoms with E-state index in [1.165, 1.54) is 10.9 Å². The van der Waals surface area contributed by atoms with Gasteiger partial charge in [0.2, 0.25) is 0 Å². The molecule has 98 valence electrons. The van der Waals surface area contributed by atoms with E-state index < -0.39 is 18.6 Å². The highest BCUT2D eigenvalue weighted by Gasteiger charge is 2.34. The van der Waals surface area contributed by atoms with Crippen LogP contribution < -0.4 is 5.32 Å². The molecule has 1 aromatic rings. The van der Waals surface area contributed by atoms with Crippen molar-refractivity contribution in [1.82, 2.24) is 15.1 Å². The van der Waals surface area contributed by atoms with Crippen LogP contribution in [0.1, 0.15) is 31.5 Å². The van der Waals surface area contributed by atoms with Crippen LogP contribution in [0.15, 0.2) is 6.20 Å². The van der Waals surface area contributed by atoms with Gasteiger partial charge in [-0.1, -0.05) is 18.5 Å². The zero-order chi connectivity index (χ0) is 13.1. The monoisotopic (exact) mass is 269 g/mol. The molecule has 0 aliphatic heterocycles. The standard InChI is InChI=1S/C10H15ClF3N3/c1-3-4-15-8(5-10(12,13)14)9-7(11)6-16-17(9)2/h6,8,15H,3-5H2,1-2H3. The molecule has 1 heterocycles. The summed E-state index contributed by atoms with van der Waals surface area (Å²) in [5.74, 6) is 0. The van der Waals surface area contributed by atoms with Gasteiger partial charge in [0.1, 0.15) is 0 Å². The van der Waals surface area contributed by atoms with Gasteiger partial charge < -0.3 is 5.32 Å². The molecule has 0 saturated carbocycles. The predicted molar refractivity (Wildman–Crippen MR) is 59.9 cm³/mol. The summed E-state index contributed by atoms with van der Waals surface area (Å²) in [6.07, 6.45) is -3.08. The van der Waals surface area contributed by atoms with E-state index in [9.17, 15) is 13.2 Å². The molecule has 17 heavy (non-hydrogen) atoms. The molecule has 1 aromatic heterocycles. The molecule has 0 saturated heterocycles. The largest absolute Gasteiger partial charge is 0.390 e. The number of nitrogens with one attached hydrogen (secondary N) is 1. The van der Waals surface area contributed by atoms with Crippen LogP contribution in [0.5, 0.6) is 0 Å². The second kappa shape index (κ2) is 5.73. The molecule has 3 nitrogen and oxygen atoms in total. The van der Waals surface area contributed by atoms with Gasteiger partial charge in [0, 0.05) is 7.05 Å². The van der Waals surface area contributed by atoms with Gasteiger partial charge >= 0.3 is 6.18 Å². The van der Waals surface area contributed by atoms with Crippen molar-refractivity contribution in [3.8, 4) is 0 Å². The fourth-order valence-corrected chi connectivity index (χ4v) is 1.93. The molecule has 0 aliphatic rings. The lowest BCUT2D eigenvalue weighted by Crippen LogP contribution is -2.29. The molecule has 1 rings (SSSR count). The van der Waals surface area contributed by atoms with Gasteiger partial charge in [-0.2, -0.15) is 18.3 Å². The number of halogens is 4. The van der Waals surface area contributed by atoms with Crippen molar-refractivity contribution >= 4 is 11.6 Å². The first kappa shape index (κ1) is 14.3. The first-order valence-electron chi connectivity index (χ1n) is 5.32. The van der Waals surface area contributed by atoms with Crippen molar-refractivity contribution in [2.75, 3.05) is 6.54 Å². The molecule has 0 spiro atoms. The Hall–Kier alpha value is -0.750. The van der Waals surface area contributed by atoms with Crippen LogP contribution in [0.3, 0.4) is 0 Å². The SMILES string of the molecule is CCCNC(CC(F)(F)F)c1c(Cl)cnn1C. The van der Waals surface area contributed by atoms with Crippen molar-refractivity contribution in [3.05, 3.63) is 16.9 Å². The second-order valence-electron chi connectivity index (χ2n) is 3.83. The van der Waals surface area contributed by atoms with E-state index >= 15 is 0 Å². The third-order valence-electron chi connectivity index (χ3n) is 2.34. The number of aromatic nitrogens is 2. The van der Waals surface area contributed by atoms with E-state index in [4.69, 9.17) is 11.6 Å². The Balaban J connectivity index is 2.90. The first-order chi connectivity index (χ1) is 7.85. The van der Waals surface area contributed by atoms with Gasteiger partial charge in [-0.25, -0.2) is 0 Å². The third kappa shape index (κ3) is 4.20. The van der Waals surface area contributed by atoms with Gasteiger partial charge in [0.25, 0.3) is 0 Å². The maximum atomic E-state index is 12.5. The zero-order valence-electron chi connectivity index (χ0n) is 9.68. The van der Waals surface area contributed by atoms with Gasteiger partial charge in [-0.05, 0) is 13.0 Å². The Kier molecular flexibility index (Phi) is 4.82. The molecule has 0 fully saturated rings. The lowest BCUT2D eigenvalue weighted by molar-refractivity contribution is -0.140. The highest BCUT2D eigenvalue weighted by molar-refractivity contribution is 6.31. The number of nitrogens with zero attached hydrogens (tertiary/aromatic N) is 2. The van der Waals surface area contributed by atoms with Crippen molar-refractivity contribution in [2.45, 2.75) is 32.0 Å². The van der Waals surface area contributed by atoms with Crippen molar-refractivity contribution in [2.24, 2.45) is 7.05 Å². The summed E-state index contributed by atoms with van der Waals surface area (Å²) in [5.41, 5.74) is 0.373. The fourth-order valence-electron chi connectivity index (χ4n) is 1.63. The van der Waals surface area contributed by atoms with Gasteiger partial charge in [0.05, 0.1) is 29.4 Å². The van der Waals surface area contributed by atoms with Crippen LogP contribution in [0, 0.1) is 0 Å². The molecule has 1 unspecified atom stereocenters. The third-order valence-corrected chi connectivity index (χ3v) is 2.64. The number of alkyl halides is 3. The summed E-state index contributed by atoms with van der Waals surface area (Å²) in [5, 5.41) is 6.95. The van der Waals surface area contributed by atoms with Crippen LogP contribution in [-0.4, -0.2) is 22.5 Å². The molecule has 0 aliphatic carbocycles. The normalized spacial score (nSPS) is 14.0. The molecular formula is C10H15ClF3N3. The second-order valence-corrected chi connectivity index (χ2v) is 4.23. The molecule has 1 N–H and O–H groups in total. The lowest BCUT2D eigenvalue weighted by Gasteiger charge is -2.20. The zero-order valence-corrected chi connectivity index (χ0v) is 10.4. The van der Waals surface area contributed by atoms with Crippen molar-refractivity contribution in [3.63, 3.8) is 0 Å². The van der Waals surface area contributed by atoms with Crippen LogP contribution in [0.25, 0.3) is 0 Å². The van der Waals surface area contributed by atoms with Crippen LogP contribution >= 0.6 is 11.6 Å². The Morgan fingerprint density at radius 3 is 2.59 bits per heavy atom. The smallest absolute Gasteiger partial charge is 0.308 e. The average molecular weight is 270 g/mol. The lowest BCUT2D eigenvalue weighted by atomic mass is 10.1. The van der Waals surface area contributed by atoms with Crippen molar-refractivity contribution in [1.29, 1.82) is 0 Å². The molecule has 1 atom stereocenters.